The summed E-state index contributed by atoms with van der Waals surface area (Å²) in [4.78, 5) is 136. The van der Waals surface area contributed by atoms with Crippen molar-refractivity contribution in [2.75, 3.05) is 13.1 Å². The number of rotatable bonds is 32. The zero-order valence-corrected chi connectivity index (χ0v) is 38.4. The summed E-state index contributed by atoms with van der Waals surface area (Å²) < 4.78 is 0. The maximum Gasteiger partial charge on any atom is 0.326 e. The highest BCUT2D eigenvalue weighted by Gasteiger charge is 2.36. The number of amides is 8. The Balaban J connectivity index is 0. The largest absolute Gasteiger partial charge is 0.481 e. The summed E-state index contributed by atoms with van der Waals surface area (Å²) in [6.07, 6.45) is -3.56. The van der Waals surface area contributed by atoms with Gasteiger partial charge in [-0.3, -0.25) is 47.9 Å². The first-order chi connectivity index (χ1) is 30.7. The monoisotopic (exact) mass is 949 g/mol. The van der Waals surface area contributed by atoms with Crippen molar-refractivity contribution in [1.29, 1.82) is 0 Å². The number of hydrogen-bond acceptors (Lipinski definition) is 15. The molecule has 66 heavy (non-hydrogen) atoms. The van der Waals surface area contributed by atoms with Crippen molar-refractivity contribution in [3.8, 4) is 0 Å². The molecule has 0 bridgehead atoms. The van der Waals surface area contributed by atoms with E-state index in [4.69, 9.17) is 27.1 Å². The minimum absolute atomic E-state index is 0.00796. The number of carboxylic acid groups (broad SMARTS) is 3. The van der Waals surface area contributed by atoms with Gasteiger partial charge in [0.25, 0.3) is 5.97 Å². The molecule has 0 aromatic rings. The fraction of sp³-hybridized carbons (Fsp3) is 0.725. The molecule has 8 amide bonds. The second-order valence-electron chi connectivity index (χ2n) is 15.9. The lowest BCUT2D eigenvalue weighted by Gasteiger charge is -2.29. The van der Waals surface area contributed by atoms with Crippen LogP contribution in [0.4, 0.5) is 0 Å². The quantitative estimate of drug-likeness (QED) is 0.0284. The normalized spacial score (nSPS) is 14.9. The third kappa shape index (κ3) is 28.0. The van der Waals surface area contributed by atoms with Crippen LogP contribution in [-0.4, -0.2) is 158 Å². The maximum atomic E-state index is 13.8. The molecule has 0 rings (SSSR count). The highest BCUT2D eigenvalue weighted by Crippen LogP contribution is 2.11. The first-order valence-corrected chi connectivity index (χ1v) is 21.5. The van der Waals surface area contributed by atoms with Crippen molar-refractivity contribution in [2.24, 2.45) is 23.1 Å². The molecule has 18 N–H and O–H groups in total. The summed E-state index contributed by atoms with van der Waals surface area (Å²) in [7, 11) is 0. The van der Waals surface area contributed by atoms with Crippen LogP contribution in [0.5, 0.6) is 0 Å². The molecule has 0 spiro atoms. The Morgan fingerprint density at radius 2 is 0.818 bits per heavy atom. The van der Waals surface area contributed by atoms with Crippen molar-refractivity contribution >= 4 is 65.2 Å². The van der Waals surface area contributed by atoms with Crippen molar-refractivity contribution in [1.82, 2.24) is 37.2 Å². The summed E-state index contributed by atoms with van der Waals surface area (Å²) in [6.45, 7) is 8.73. The minimum Gasteiger partial charge on any atom is -0.481 e. The van der Waals surface area contributed by atoms with Crippen LogP contribution in [0.2, 0.25) is 0 Å². The third-order valence-corrected chi connectivity index (χ3v) is 9.26. The fourth-order valence-electron chi connectivity index (χ4n) is 5.94. The zero-order valence-electron chi connectivity index (χ0n) is 38.4. The molecule has 0 fully saturated rings. The van der Waals surface area contributed by atoms with E-state index in [1.807, 2.05) is 13.8 Å². The Kier molecular flexibility index (Phi) is 31.5. The number of nitrogens with two attached hydrogens (primary N) is 3. The summed E-state index contributed by atoms with van der Waals surface area (Å²) in [5.74, 6) is -11.2. The third-order valence-electron chi connectivity index (χ3n) is 9.26. The molecule has 9 atom stereocenters. The van der Waals surface area contributed by atoms with Crippen LogP contribution in [-0.2, 0) is 52.7 Å². The molecule has 26 nitrogen and oxygen atoms in total. The van der Waals surface area contributed by atoms with E-state index in [1.165, 1.54) is 6.92 Å². The highest BCUT2D eigenvalue weighted by atomic mass is 16.4. The van der Waals surface area contributed by atoms with Gasteiger partial charge in [0, 0.05) is 26.7 Å². The van der Waals surface area contributed by atoms with E-state index in [0.29, 0.717) is 32.2 Å². The van der Waals surface area contributed by atoms with Gasteiger partial charge in [-0.1, -0.05) is 13.8 Å². The predicted molar refractivity (Wildman–Crippen MR) is 234 cm³/mol. The number of primary amides is 1. The van der Waals surface area contributed by atoms with Crippen LogP contribution in [0.15, 0.2) is 0 Å². The number of unbranched alkanes of at least 4 members (excludes halogenated alkanes) is 2. The van der Waals surface area contributed by atoms with Crippen LogP contribution in [0.3, 0.4) is 0 Å². The van der Waals surface area contributed by atoms with E-state index in [2.05, 4.69) is 37.2 Å². The molecular weight excluding hydrogens is 876 g/mol. The standard InChI is InChI=1S/C38H68N10O14.C2H4O2/c1-19(2)18-27(42-22(5)51)35(58)44-23(10-6-8-16-39)32(55)43-24(11-7-9-17-40)33(56)47-30(20(3)49)36(59)45-25(13-15-29(53)54)34(57)48-31(21(4)50)37(60)46-26(38(61)62)12-14-28(41)52;1-2(3)4/h19-21,23-27,30-31,49-50H,6-18,39-40H2,1-5H3,(H2,41,52)(H,42,51)(H,43,55)(H,44,58)(H,45,59)(H,46,60)(H,47,56)(H,48,57)(H,53,54)(H,61,62);1H3,(H,3,4)/t20-,21-,23+,24+,25+,26+,27+,30+,31+;/m1./s1. The Morgan fingerprint density at radius 3 is 1.15 bits per heavy atom. The lowest BCUT2D eigenvalue weighted by molar-refractivity contribution is -0.143. The maximum absolute atomic E-state index is 13.8. The SMILES string of the molecule is CC(=O)N[C@@H](CC(C)C)C(=O)N[C@@H](CCCCN)C(=O)N[C@@H](CCCCN)C(=O)N[C@H](C(=O)N[C@@H](CCC(=O)O)C(=O)N[C@H](C(=O)N[C@@H](CCC(N)=O)C(=O)O)[C@@H](C)O)[C@@H](C)O.CC(=O)O. The van der Waals surface area contributed by atoms with Crippen molar-refractivity contribution < 1.29 is 78.3 Å². The molecule has 0 aliphatic rings. The molecule has 26 heteroatoms. The van der Waals surface area contributed by atoms with Crippen LogP contribution >= 0.6 is 0 Å². The molecule has 0 aliphatic carbocycles. The zero-order chi connectivity index (χ0) is 51.3. The van der Waals surface area contributed by atoms with Gasteiger partial charge in [0.05, 0.1) is 12.2 Å². The number of carboxylic acids is 3. The number of nitrogens with one attached hydrogen (secondary N) is 7. The number of carbonyl (C=O) groups is 11. The predicted octanol–water partition coefficient (Wildman–Crippen LogP) is -4.23. The summed E-state index contributed by atoms with van der Waals surface area (Å²) >= 11 is 0. The molecule has 378 valence electrons. The summed E-state index contributed by atoms with van der Waals surface area (Å²) in [6, 6.07) is -10.6. The van der Waals surface area contributed by atoms with E-state index >= 15 is 0 Å². The van der Waals surface area contributed by atoms with E-state index in [1.54, 1.807) is 0 Å². The Bertz CT molecular complexity index is 1630. The molecular formula is C40H72N10O16. The van der Waals surface area contributed by atoms with Gasteiger partial charge in [-0.25, -0.2) is 4.79 Å². The second-order valence-corrected chi connectivity index (χ2v) is 15.9. The van der Waals surface area contributed by atoms with Gasteiger partial charge in [-0.05, 0) is 90.6 Å². The number of aliphatic carboxylic acids is 3. The Hall–Kier alpha value is -5.99. The first-order valence-electron chi connectivity index (χ1n) is 21.5. The van der Waals surface area contributed by atoms with Crippen LogP contribution in [0.25, 0.3) is 0 Å². The molecule has 0 aromatic carbocycles. The topological polar surface area (TPSA) is 451 Å². The minimum atomic E-state index is -1.86. The van der Waals surface area contributed by atoms with E-state index < -0.39 is 145 Å². The lowest BCUT2D eigenvalue weighted by Crippen LogP contribution is -2.62. The van der Waals surface area contributed by atoms with Crippen molar-refractivity contribution in [3.63, 3.8) is 0 Å². The fourth-order valence-corrected chi connectivity index (χ4v) is 5.94. The van der Waals surface area contributed by atoms with Crippen LogP contribution < -0.4 is 54.4 Å². The molecule has 0 aromatic heterocycles. The van der Waals surface area contributed by atoms with Gasteiger partial charge < -0.3 is 80.0 Å². The van der Waals surface area contributed by atoms with Crippen LogP contribution in [0.1, 0.15) is 112 Å². The molecule has 0 saturated heterocycles. The Labute approximate surface area is 383 Å². The van der Waals surface area contributed by atoms with E-state index in [9.17, 15) is 68.4 Å². The summed E-state index contributed by atoms with van der Waals surface area (Å²) in [5.41, 5.74) is 16.4. The molecule has 0 saturated carbocycles. The molecule has 0 unspecified atom stereocenters. The highest BCUT2D eigenvalue weighted by molar-refractivity contribution is 5.97. The number of aliphatic hydroxyl groups is 2. The average Bonchev–Trinajstić information content (AvgIpc) is 3.19. The van der Waals surface area contributed by atoms with Gasteiger partial charge in [0.1, 0.15) is 42.3 Å². The first kappa shape index (κ1) is 62.1. The number of carbonyl (C=O) groups excluding carboxylic acids is 8. The van der Waals surface area contributed by atoms with Gasteiger partial charge in [0.2, 0.25) is 47.3 Å². The van der Waals surface area contributed by atoms with Crippen molar-refractivity contribution in [3.05, 3.63) is 0 Å². The average molecular weight is 949 g/mol. The van der Waals surface area contributed by atoms with Gasteiger partial charge in [0.15, 0.2) is 0 Å². The number of aliphatic hydroxyl groups excluding tert-OH is 2. The molecule has 0 heterocycles. The summed E-state index contributed by atoms with van der Waals surface area (Å²) in [5, 5.41) is 63.8. The van der Waals surface area contributed by atoms with Gasteiger partial charge in [-0.2, -0.15) is 0 Å². The van der Waals surface area contributed by atoms with Crippen LogP contribution in [0, 0.1) is 5.92 Å². The van der Waals surface area contributed by atoms with Gasteiger partial charge in [-0.15, -0.1) is 0 Å². The number of hydrogen-bond donors (Lipinski definition) is 15. The van der Waals surface area contributed by atoms with E-state index in [-0.39, 0.29) is 31.7 Å². The molecule has 0 radical (unpaired) electrons. The van der Waals surface area contributed by atoms with Gasteiger partial charge >= 0.3 is 11.9 Å². The van der Waals surface area contributed by atoms with Crippen molar-refractivity contribution in [2.45, 2.75) is 167 Å². The van der Waals surface area contributed by atoms with E-state index in [0.717, 1.165) is 20.8 Å². The Morgan fingerprint density at radius 1 is 0.470 bits per heavy atom. The molecule has 0 aliphatic heterocycles. The lowest BCUT2D eigenvalue weighted by atomic mass is 10.0. The smallest absolute Gasteiger partial charge is 0.326 e. The second kappa shape index (κ2) is 33.5.